The summed E-state index contributed by atoms with van der Waals surface area (Å²) in [6.45, 7) is 7.69. The van der Waals surface area contributed by atoms with E-state index in [1.165, 1.54) is 6.07 Å². The summed E-state index contributed by atoms with van der Waals surface area (Å²) >= 11 is 5.40. The molecule has 1 aromatic carbocycles. The molecule has 0 spiro atoms. The van der Waals surface area contributed by atoms with Gasteiger partial charge in [-0.15, -0.1) is 0 Å². The van der Waals surface area contributed by atoms with E-state index in [1.54, 1.807) is 16.8 Å². The summed E-state index contributed by atoms with van der Waals surface area (Å²) in [5.74, 6) is -0.232. The Balaban J connectivity index is 1.65. The van der Waals surface area contributed by atoms with Gasteiger partial charge in [-0.25, -0.2) is 4.39 Å². The van der Waals surface area contributed by atoms with E-state index in [9.17, 15) is 4.39 Å². The van der Waals surface area contributed by atoms with E-state index in [1.807, 2.05) is 43.9 Å². The van der Waals surface area contributed by atoms with Crippen molar-refractivity contribution >= 4 is 23.0 Å². The van der Waals surface area contributed by atoms with Crippen LogP contribution in [0.25, 0.3) is 0 Å². The summed E-state index contributed by atoms with van der Waals surface area (Å²) in [5.41, 5.74) is 4.21. The second-order valence-corrected chi connectivity index (χ2v) is 6.72. The van der Waals surface area contributed by atoms with Gasteiger partial charge >= 0.3 is 0 Å². The van der Waals surface area contributed by atoms with Gasteiger partial charge in [0.05, 0.1) is 29.8 Å². The van der Waals surface area contributed by atoms with Crippen LogP contribution in [-0.2, 0) is 19.6 Å². The summed E-state index contributed by atoms with van der Waals surface area (Å²) < 4.78 is 17.6. The number of benzene rings is 1. The van der Waals surface area contributed by atoms with E-state index < -0.39 is 0 Å². The highest BCUT2D eigenvalue weighted by Gasteiger charge is 2.14. The number of aryl methyl sites for hydroxylation is 2. The Hall–Kier alpha value is -2.74. The topological polar surface area (TPSA) is 59.7 Å². The molecule has 0 saturated heterocycles. The minimum Gasteiger partial charge on any atom is -0.358 e. The quantitative estimate of drug-likeness (QED) is 0.636. The van der Waals surface area contributed by atoms with Crippen molar-refractivity contribution < 1.29 is 4.39 Å². The first-order chi connectivity index (χ1) is 13.0. The molecule has 27 heavy (non-hydrogen) atoms. The number of aromatic nitrogens is 4. The first-order valence-electron chi connectivity index (χ1n) is 8.81. The summed E-state index contributed by atoms with van der Waals surface area (Å²) in [4.78, 5) is 0. The summed E-state index contributed by atoms with van der Waals surface area (Å²) in [6, 6.07) is 6.73. The van der Waals surface area contributed by atoms with E-state index in [4.69, 9.17) is 12.2 Å². The zero-order valence-corrected chi connectivity index (χ0v) is 16.5. The molecule has 0 unspecified atom stereocenters. The average molecular weight is 387 g/mol. The highest BCUT2D eigenvalue weighted by atomic mass is 32.1. The van der Waals surface area contributed by atoms with Crippen molar-refractivity contribution in [1.82, 2.24) is 24.9 Å². The maximum Gasteiger partial charge on any atom is 0.171 e. The lowest BCUT2D eigenvalue weighted by Crippen LogP contribution is -2.28. The van der Waals surface area contributed by atoms with Gasteiger partial charge in [-0.1, -0.05) is 18.2 Å². The van der Waals surface area contributed by atoms with Gasteiger partial charge in [-0.05, 0) is 39.1 Å². The van der Waals surface area contributed by atoms with Gasteiger partial charge < -0.3 is 10.6 Å². The Labute approximate surface area is 163 Å². The fourth-order valence-corrected chi connectivity index (χ4v) is 3.00. The third kappa shape index (κ3) is 4.51. The van der Waals surface area contributed by atoms with Crippen LogP contribution in [0.2, 0.25) is 0 Å². The third-order valence-electron chi connectivity index (χ3n) is 4.36. The van der Waals surface area contributed by atoms with Crippen LogP contribution in [0.5, 0.6) is 0 Å². The predicted octanol–water partition coefficient (Wildman–Crippen LogP) is 3.39. The molecule has 2 N–H and O–H groups in total. The van der Waals surface area contributed by atoms with Crippen LogP contribution < -0.4 is 10.6 Å². The van der Waals surface area contributed by atoms with Crippen LogP contribution in [0.4, 0.5) is 10.1 Å². The molecule has 0 aliphatic heterocycles. The van der Waals surface area contributed by atoms with E-state index in [0.717, 1.165) is 29.2 Å². The largest absolute Gasteiger partial charge is 0.358 e. The molecular weight excluding hydrogens is 363 g/mol. The van der Waals surface area contributed by atoms with Crippen LogP contribution >= 0.6 is 12.2 Å². The molecule has 0 fully saturated rings. The van der Waals surface area contributed by atoms with Gasteiger partial charge in [0.15, 0.2) is 5.11 Å². The van der Waals surface area contributed by atoms with E-state index in [0.29, 0.717) is 23.8 Å². The number of anilines is 1. The van der Waals surface area contributed by atoms with Crippen molar-refractivity contribution in [1.29, 1.82) is 0 Å². The smallest absolute Gasteiger partial charge is 0.171 e. The Morgan fingerprint density at radius 3 is 2.74 bits per heavy atom. The zero-order chi connectivity index (χ0) is 19.4. The third-order valence-corrected chi connectivity index (χ3v) is 4.61. The molecule has 0 amide bonds. The Bertz CT molecular complexity index is 946. The van der Waals surface area contributed by atoms with Crippen molar-refractivity contribution in [3.63, 3.8) is 0 Å². The molecule has 6 nitrogen and oxygen atoms in total. The number of thiocarbonyl (C=S) groups is 1. The molecule has 2 heterocycles. The first-order valence-corrected chi connectivity index (χ1v) is 9.22. The van der Waals surface area contributed by atoms with Gasteiger partial charge in [0.2, 0.25) is 0 Å². The number of hydrogen-bond acceptors (Lipinski definition) is 3. The van der Waals surface area contributed by atoms with Crippen molar-refractivity contribution in [3.05, 3.63) is 65.0 Å². The monoisotopic (exact) mass is 386 g/mol. The molecule has 0 saturated carbocycles. The fourth-order valence-electron chi connectivity index (χ4n) is 2.83. The van der Waals surface area contributed by atoms with Crippen LogP contribution in [-0.4, -0.2) is 24.7 Å². The summed E-state index contributed by atoms with van der Waals surface area (Å²) in [7, 11) is 0. The predicted molar refractivity (Wildman–Crippen MR) is 108 cm³/mol. The molecule has 0 bridgehead atoms. The van der Waals surface area contributed by atoms with Crippen molar-refractivity contribution in [2.45, 2.75) is 40.4 Å². The van der Waals surface area contributed by atoms with E-state index in [-0.39, 0.29) is 5.82 Å². The first kappa shape index (κ1) is 19.0. The van der Waals surface area contributed by atoms with E-state index in [2.05, 4.69) is 20.8 Å². The molecule has 0 aliphatic carbocycles. The molecule has 2 aromatic heterocycles. The van der Waals surface area contributed by atoms with E-state index >= 15 is 0 Å². The molecule has 0 atom stereocenters. The standard InChI is InChI=1S/C19H23FN6S/c1-4-25-11-15(10-22-25)9-21-19(27)23-18-13(2)24-26(14(18)3)12-16-7-5-6-8-17(16)20/h5-8,10-11H,4,9,12H2,1-3H3,(H2,21,23,27). The molecule has 3 rings (SSSR count). The summed E-state index contributed by atoms with van der Waals surface area (Å²) in [5, 5.41) is 15.7. The minimum atomic E-state index is -0.232. The molecular formula is C19H23FN6S. The number of rotatable bonds is 6. The number of nitrogens with zero attached hydrogens (tertiary/aromatic N) is 4. The average Bonchev–Trinajstić information content (AvgIpc) is 3.22. The van der Waals surface area contributed by atoms with Crippen LogP contribution in [0.1, 0.15) is 29.4 Å². The van der Waals surface area contributed by atoms with Crippen LogP contribution in [0.15, 0.2) is 36.7 Å². The molecule has 0 aliphatic rings. The van der Waals surface area contributed by atoms with Crippen LogP contribution in [0.3, 0.4) is 0 Å². The Morgan fingerprint density at radius 2 is 2.04 bits per heavy atom. The normalized spacial score (nSPS) is 10.8. The number of halogens is 1. The summed E-state index contributed by atoms with van der Waals surface area (Å²) in [6.07, 6.45) is 3.81. The number of nitrogens with one attached hydrogen (secondary N) is 2. The van der Waals surface area contributed by atoms with Crippen molar-refractivity contribution in [2.24, 2.45) is 0 Å². The highest BCUT2D eigenvalue weighted by molar-refractivity contribution is 7.80. The van der Waals surface area contributed by atoms with Crippen molar-refractivity contribution in [3.8, 4) is 0 Å². The Kier molecular flexibility index (Phi) is 5.85. The van der Waals surface area contributed by atoms with Gasteiger partial charge in [-0.3, -0.25) is 9.36 Å². The maximum absolute atomic E-state index is 13.9. The second kappa shape index (κ2) is 8.30. The molecule has 0 radical (unpaired) electrons. The van der Waals surface area contributed by atoms with Gasteiger partial charge in [0.25, 0.3) is 0 Å². The highest BCUT2D eigenvalue weighted by Crippen LogP contribution is 2.21. The minimum absolute atomic E-state index is 0.232. The SMILES string of the molecule is CCn1cc(CNC(=S)Nc2c(C)nn(Cc3ccccc3F)c2C)cn1. The maximum atomic E-state index is 13.9. The molecule has 3 aromatic rings. The molecule has 142 valence electrons. The lowest BCUT2D eigenvalue weighted by Gasteiger charge is -2.11. The number of hydrogen-bond donors (Lipinski definition) is 2. The lowest BCUT2D eigenvalue weighted by atomic mass is 10.2. The second-order valence-electron chi connectivity index (χ2n) is 6.31. The lowest BCUT2D eigenvalue weighted by molar-refractivity contribution is 0.579. The Morgan fingerprint density at radius 1 is 1.26 bits per heavy atom. The van der Waals surface area contributed by atoms with Gasteiger partial charge in [0, 0.05) is 30.4 Å². The van der Waals surface area contributed by atoms with Gasteiger partial charge in [-0.2, -0.15) is 10.2 Å². The van der Waals surface area contributed by atoms with Crippen molar-refractivity contribution in [2.75, 3.05) is 5.32 Å². The van der Waals surface area contributed by atoms with Crippen LogP contribution in [0, 0.1) is 19.7 Å². The zero-order valence-electron chi connectivity index (χ0n) is 15.7. The van der Waals surface area contributed by atoms with Gasteiger partial charge in [0.1, 0.15) is 5.82 Å². The fraction of sp³-hybridized carbons (Fsp3) is 0.316. The molecule has 8 heteroatoms.